The van der Waals surface area contributed by atoms with Gasteiger partial charge < -0.3 is 10.6 Å². The molecule has 0 spiro atoms. The summed E-state index contributed by atoms with van der Waals surface area (Å²) in [5.74, 6) is -0.449. The number of alkyl halides is 3. The minimum Gasteiger partial charge on any atom is -0.384 e. The van der Waals surface area contributed by atoms with Crippen LogP contribution in [0.4, 0.5) is 19.0 Å². The lowest BCUT2D eigenvalue weighted by Crippen LogP contribution is -2.40. The molecule has 116 valence electrons. The minimum absolute atomic E-state index is 0.0389. The molecule has 1 heterocycles. The van der Waals surface area contributed by atoms with Gasteiger partial charge in [-0.1, -0.05) is 13.8 Å². The average molecular weight is 301 g/mol. The zero-order valence-electron chi connectivity index (χ0n) is 11.9. The monoisotopic (exact) mass is 301 g/mol. The van der Waals surface area contributed by atoms with Crippen LogP contribution in [0.2, 0.25) is 0 Å². The number of hydrogen-bond donors (Lipinski definition) is 1. The third-order valence-electron chi connectivity index (χ3n) is 3.30. The molecule has 1 fully saturated rings. The molecule has 0 unspecified atom stereocenters. The number of rotatable bonds is 4. The van der Waals surface area contributed by atoms with E-state index in [1.54, 1.807) is 0 Å². The van der Waals surface area contributed by atoms with Crippen molar-refractivity contribution in [2.24, 2.45) is 0 Å². The van der Waals surface area contributed by atoms with Crippen LogP contribution in [-0.2, 0) is 0 Å². The van der Waals surface area contributed by atoms with Crippen molar-refractivity contribution in [1.82, 2.24) is 9.88 Å². The van der Waals surface area contributed by atoms with Crippen molar-refractivity contribution in [2.45, 2.75) is 44.8 Å². The molecule has 0 aromatic carbocycles. The van der Waals surface area contributed by atoms with Crippen LogP contribution in [0.3, 0.4) is 0 Å². The average Bonchev–Trinajstić information content (AvgIpc) is 3.17. The normalized spacial score (nSPS) is 15.3. The molecule has 2 N–H and O–H groups in total. The third kappa shape index (κ3) is 4.09. The lowest BCUT2D eigenvalue weighted by Gasteiger charge is -2.24. The van der Waals surface area contributed by atoms with Crippen molar-refractivity contribution in [3.63, 3.8) is 0 Å². The zero-order chi connectivity index (χ0) is 15.8. The first kappa shape index (κ1) is 15.6. The molecule has 1 aliphatic rings. The molecule has 0 radical (unpaired) electrons. The van der Waals surface area contributed by atoms with Crippen molar-refractivity contribution in [1.29, 1.82) is 0 Å². The summed E-state index contributed by atoms with van der Waals surface area (Å²) in [6.45, 7) is 2.53. The summed E-state index contributed by atoms with van der Waals surface area (Å²) in [6.07, 6.45) is -3.18. The molecule has 7 heteroatoms. The number of halogens is 3. The molecule has 2 rings (SSSR count). The van der Waals surface area contributed by atoms with E-state index >= 15 is 0 Å². The van der Waals surface area contributed by atoms with E-state index < -0.39 is 18.6 Å². The molecule has 1 aromatic heterocycles. The molecular formula is C14H18F3N3O. The first-order chi connectivity index (χ1) is 9.67. The Kier molecular flexibility index (Phi) is 4.11. The maximum absolute atomic E-state index is 12.6. The Morgan fingerprint density at radius 2 is 2.05 bits per heavy atom. The van der Waals surface area contributed by atoms with Gasteiger partial charge in [0.1, 0.15) is 12.4 Å². The van der Waals surface area contributed by atoms with Gasteiger partial charge in [-0.25, -0.2) is 4.98 Å². The molecule has 0 atom stereocenters. The highest BCUT2D eigenvalue weighted by Crippen LogP contribution is 2.32. The molecule has 21 heavy (non-hydrogen) atoms. The Labute approximate surface area is 121 Å². The van der Waals surface area contributed by atoms with Gasteiger partial charge in [0, 0.05) is 17.3 Å². The molecule has 4 nitrogen and oxygen atoms in total. The Morgan fingerprint density at radius 1 is 1.43 bits per heavy atom. The number of hydrogen-bond acceptors (Lipinski definition) is 3. The summed E-state index contributed by atoms with van der Waals surface area (Å²) in [7, 11) is 0. The molecule has 0 saturated heterocycles. The van der Waals surface area contributed by atoms with Gasteiger partial charge in [0.2, 0.25) is 0 Å². The van der Waals surface area contributed by atoms with Crippen molar-refractivity contribution in [3.8, 4) is 0 Å². The summed E-state index contributed by atoms with van der Waals surface area (Å²) in [6, 6.07) is 2.53. The van der Waals surface area contributed by atoms with Crippen LogP contribution < -0.4 is 5.73 Å². The van der Waals surface area contributed by atoms with E-state index in [4.69, 9.17) is 5.73 Å². The van der Waals surface area contributed by atoms with Crippen LogP contribution in [0, 0.1) is 0 Å². The SMILES string of the molecule is CC(C)c1cc(C(=O)N(CC(F)(F)F)C2CC2)cc(N)n1. The quantitative estimate of drug-likeness (QED) is 0.930. The molecule has 0 aliphatic heterocycles. The fraction of sp³-hybridized carbons (Fsp3) is 0.571. The van der Waals surface area contributed by atoms with Gasteiger partial charge in [-0.3, -0.25) is 4.79 Å². The Morgan fingerprint density at radius 3 is 2.52 bits per heavy atom. The van der Waals surface area contributed by atoms with Crippen molar-refractivity contribution >= 4 is 11.7 Å². The predicted molar refractivity (Wildman–Crippen MR) is 72.9 cm³/mol. The smallest absolute Gasteiger partial charge is 0.384 e. The second-order valence-electron chi connectivity index (χ2n) is 5.64. The molecule has 1 aromatic rings. The maximum atomic E-state index is 12.6. The van der Waals surface area contributed by atoms with Crippen LogP contribution in [0.25, 0.3) is 0 Å². The number of pyridine rings is 1. The lowest BCUT2D eigenvalue weighted by atomic mass is 10.1. The van der Waals surface area contributed by atoms with Gasteiger partial charge in [0.15, 0.2) is 0 Å². The summed E-state index contributed by atoms with van der Waals surface area (Å²) in [4.78, 5) is 17.4. The number of aromatic nitrogens is 1. The Bertz CT molecular complexity index is 539. The molecule has 1 amide bonds. The molecule has 1 saturated carbocycles. The van der Waals surface area contributed by atoms with Crippen LogP contribution >= 0.6 is 0 Å². The summed E-state index contributed by atoms with van der Waals surface area (Å²) < 4.78 is 37.9. The topological polar surface area (TPSA) is 59.2 Å². The largest absolute Gasteiger partial charge is 0.406 e. The number of amides is 1. The van der Waals surface area contributed by atoms with Crippen LogP contribution in [0.15, 0.2) is 12.1 Å². The van der Waals surface area contributed by atoms with Gasteiger partial charge in [0.05, 0.1) is 0 Å². The lowest BCUT2D eigenvalue weighted by molar-refractivity contribution is -0.141. The number of anilines is 1. The molecule has 0 bridgehead atoms. The maximum Gasteiger partial charge on any atom is 0.406 e. The van der Waals surface area contributed by atoms with Crippen molar-refractivity contribution in [3.05, 3.63) is 23.4 Å². The number of nitrogens with zero attached hydrogens (tertiary/aromatic N) is 2. The predicted octanol–water partition coefficient (Wildman–Crippen LogP) is 2.95. The van der Waals surface area contributed by atoms with E-state index in [1.807, 2.05) is 13.8 Å². The van der Waals surface area contributed by atoms with Crippen LogP contribution in [0.1, 0.15) is 48.7 Å². The summed E-state index contributed by atoms with van der Waals surface area (Å²) >= 11 is 0. The number of carbonyl (C=O) groups is 1. The first-order valence-corrected chi connectivity index (χ1v) is 6.82. The number of nitrogen functional groups attached to an aromatic ring is 1. The van der Waals surface area contributed by atoms with Crippen molar-refractivity contribution in [2.75, 3.05) is 12.3 Å². The van der Waals surface area contributed by atoms with Gasteiger partial charge in [0.25, 0.3) is 5.91 Å². The third-order valence-corrected chi connectivity index (χ3v) is 3.30. The minimum atomic E-state index is -4.41. The number of nitrogens with two attached hydrogens (primary N) is 1. The summed E-state index contributed by atoms with van der Waals surface area (Å²) in [5.41, 5.74) is 6.42. The standard InChI is InChI=1S/C14H18F3N3O/c1-8(2)11-5-9(6-12(18)19-11)13(21)20(10-3-4-10)7-14(15,16)17/h5-6,8,10H,3-4,7H2,1-2H3,(H2,18,19). The van der Waals surface area contributed by atoms with E-state index in [-0.39, 0.29) is 23.3 Å². The van der Waals surface area contributed by atoms with Gasteiger partial charge in [-0.15, -0.1) is 0 Å². The number of carbonyl (C=O) groups excluding carboxylic acids is 1. The highest BCUT2D eigenvalue weighted by molar-refractivity contribution is 5.95. The highest BCUT2D eigenvalue weighted by atomic mass is 19.4. The zero-order valence-corrected chi connectivity index (χ0v) is 11.9. The first-order valence-electron chi connectivity index (χ1n) is 6.82. The van der Waals surface area contributed by atoms with E-state index in [1.165, 1.54) is 12.1 Å². The fourth-order valence-corrected chi connectivity index (χ4v) is 2.11. The Hall–Kier alpha value is -1.79. The van der Waals surface area contributed by atoms with Crippen LogP contribution in [0.5, 0.6) is 0 Å². The van der Waals surface area contributed by atoms with E-state index in [0.29, 0.717) is 18.5 Å². The fourth-order valence-electron chi connectivity index (χ4n) is 2.11. The van der Waals surface area contributed by atoms with Crippen LogP contribution in [-0.4, -0.2) is 34.6 Å². The second-order valence-corrected chi connectivity index (χ2v) is 5.64. The van der Waals surface area contributed by atoms with Gasteiger partial charge >= 0.3 is 6.18 Å². The van der Waals surface area contributed by atoms with E-state index in [9.17, 15) is 18.0 Å². The molecule has 1 aliphatic carbocycles. The van der Waals surface area contributed by atoms with E-state index in [2.05, 4.69) is 4.98 Å². The molecular weight excluding hydrogens is 283 g/mol. The van der Waals surface area contributed by atoms with Gasteiger partial charge in [-0.2, -0.15) is 13.2 Å². The van der Waals surface area contributed by atoms with Crippen molar-refractivity contribution < 1.29 is 18.0 Å². The Balaban J connectivity index is 2.28. The van der Waals surface area contributed by atoms with Gasteiger partial charge in [-0.05, 0) is 30.9 Å². The van der Waals surface area contributed by atoms with E-state index in [0.717, 1.165) is 4.90 Å². The second kappa shape index (κ2) is 5.54. The summed E-state index contributed by atoms with van der Waals surface area (Å²) in [5, 5.41) is 0. The highest BCUT2D eigenvalue weighted by Gasteiger charge is 2.41.